The van der Waals surface area contributed by atoms with Crippen LogP contribution >= 0.6 is 11.6 Å². The van der Waals surface area contributed by atoms with Crippen molar-refractivity contribution < 1.29 is 9.84 Å². The maximum Gasteiger partial charge on any atom is 0.0981 e. The smallest absolute Gasteiger partial charge is 0.0981 e. The van der Waals surface area contributed by atoms with Crippen molar-refractivity contribution >= 4 is 17.3 Å². The molecule has 0 bridgehead atoms. The summed E-state index contributed by atoms with van der Waals surface area (Å²) in [5.41, 5.74) is 7.87. The van der Waals surface area contributed by atoms with Crippen molar-refractivity contribution in [2.45, 2.75) is 25.6 Å². The lowest BCUT2D eigenvalue weighted by Gasteiger charge is -2.40. The van der Waals surface area contributed by atoms with Gasteiger partial charge < -0.3 is 20.5 Å². The average Bonchev–Trinajstić information content (AvgIpc) is 2.39. The van der Waals surface area contributed by atoms with Crippen molar-refractivity contribution in [2.75, 3.05) is 24.7 Å². The summed E-state index contributed by atoms with van der Waals surface area (Å²) in [6.45, 7) is 3.87. The van der Waals surface area contributed by atoms with E-state index in [1.807, 2.05) is 18.2 Å². The Morgan fingerprint density at radius 2 is 2.33 bits per heavy atom. The number of nitrogens with zero attached hydrogens (tertiary/aromatic N) is 1. The largest absolute Gasteiger partial charge is 0.394 e. The molecule has 1 aliphatic heterocycles. The fourth-order valence-corrected chi connectivity index (χ4v) is 2.46. The second kappa shape index (κ2) is 5.89. The van der Waals surface area contributed by atoms with Crippen LogP contribution in [0.3, 0.4) is 0 Å². The summed E-state index contributed by atoms with van der Waals surface area (Å²) in [7, 11) is 0. The SMILES string of the molecule is CC1COC(CO)CN1c1ccc(Cl)cc1CN. The molecule has 0 aliphatic carbocycles. The molecule has 2 atom stereocenters. The summed E-state index contributed by atoms with van der Waals surface area (Å²) >= 11 is 5.99. The highest BCUT2D eigenvalue weighted by molar-refractivity contribution is 6.30. The van der Waals surface area contributed by atoms with E-state index in [4.69, 9.17) is 22.1 Å². The van der Waals surface area contributed by atoms with E-state index < -0.39 is 0 Å². The van der Waals surface area contributed by atoms with Gasteiger partial charge in [0.1, 0.15) is 0 Å². The number of nitrogens with two attached hydrogens (primary N) is 1. The number of ether oxygens (including phenoxy) is 1. The van der Waals surface area contributed by atoms with Crippen LogP contribution in [0.1, 0.15) is 12.5 Å². The van der Waals surface area contributed by atoms with E-state index in [0.29, 0.717) is 24.7 Å². The fourth-order valence-electron chi connectivity index (χ4n) is 2.26. The van der Waals surface area contributed by atoms with Crippen LogP contribution in [0, 0.1) is 0 Å². The molecule has 1 aliphatic rings. The molecule has 2 rings (SSSR count). The van der Waals surface area contributed by atoms with Crippen LogP contribution < -0.4 is 10.6 Å². The van der Waals surface area contributed by atoms with Gasteiger partial charge in [-0.1, -0.05) is 11.6 Å². The van der Waals surface area contributed by atoms with Gasteiger partial charge in [-0.2, -0.15) is 0 Å². The number of hydrogen-bond donors (Lipinski definition) is 2. The van der Waals surface area contributed by atoms with Gasteiger partial charge in [-0.3, -0.25) is 0 Å². The van der Waals surface area contributed by atoms with Gasteiger partial charge in [-0.15, -0.1) is 0 Å². The van der Waals surface area contributed by atoms with Crippen LogP contribution in [0.5, 0.6) is 0 Å². The first-order chi connectivity index (χ1) is 8.65. The number of halogens is 1. The molecule has 0 amide bonds. The zero-order chi connectivity index (χ0) is 13.1. The molecule has 3 N–H and O–H groups in total. The number of benzene rings is 1. The van der Waals surface area contributed by atoms with E-state index in [1.165, 1.54) is 0 Å². The molecule has 1 heterocycles. The summed E-state index contributed by atoms with van der Waals surface area (Å²) in [6.07, 6.45) is -0.137. The van der Waals surface area contributed by atoms with Crippen molar-refractivity contribution in [3.05, 3.63) is 28.8 Å². The van der Waals surface area contributed by atoms with Gasteiger partial charge in [-0.05, 0) is 30.7 Å². The third kappa shape index (κ3) is 2.78. The Morgan fingerprint density at radius 3 is 3.00 bits per heavy atom. The Balaban J connectivity index is 2.28. The van der Waals surface area contributed by atoms with Gasteiger partial charge in [0, 0.05) is 29.8 Å². The maximum atomic E-state index is 9.22. The molecule has 2 unspecified atom stereocenters. The molecule has 1 aromatic carbocycles. The maximum absolute atomic E-state index is 9.22. The lowest BCUT2D eigenvalue weighted by Crippen LogP contribution is -2.50. The molecular weight excluding hydrogens is 252 g/mol. The Kier molecular flexibility index (Phi) is 4.45. The molecule has 1 fully saturated rings. The van der Waals surface area contributed by atoms with Crippen molar-refractivity contribution in [3.63, 3.8) is 0 Å². The van der Waals surface area contributed by atoms with E-state index in [0.717, 1.165) is 11.3 Å². The van der Waals surface area contributed by atoms with E-state index in [2.05, 4.69) is 11.8 Å². The van der Waals surface area contributed by atoms with Crippen LogP contribution in [0.2, 0.25) is 5.02 Å². The lowest BCUT2D eigenvalue weighted by molar-refractivity contribution is -0.0103. The Bertz CT molecular complexity index is 414. The molecule has 100 valence electrons. The van der Waals surface area contributed by atoms with Crippen LogP contribution in [0.4, 0.5) is 5.69 Å². The van der Waals surface area contributed by atoms with Crippen LogP contribution in [-0.4, -0.2) is 37.0 Å². The average molecular weight is 271 g/mol. The standard InChI is InChI=1S/C13H19ClN2O2/c1-9-8-18-12(7-17)6-16(9)13-3-2-11(14)4-10(13)5-15/h2-4,9,12,17H,5-8,15H2,1H3. The third-order valence-corrected chi connectivity index (χ3v) is 3.52. The highest BCUT2D eigenvalue weighted by atomic mass is 35.5. The predicted octanol–water partition coefficient (Wildman–Crippen LogP) is 1.38. The van der Waals surface area contributed by atoms with Gasteiger partial charge in [0.25, 0.3) is 0 Å². The first-order valence-corrected chi connectivity index (χ1v) is 6.51. The number of rotatable bonds is 3. The first kappa shape index (κ1) is 13.6. The van der Waals surface area contributed by atoms with Gasteiger partial charge >= 0.3 is 0 Å². The third-order valence-electron chi connectivity index (χ3n) is 3.28. The van der Waals surface area contributed by atoms with Crippen molar-refractivity contribution in [3.8, 4) is 0 Å². The molecule has 1 saturated heterocycles. The minimum atomic E-state index is -0.137. The molecule has 5 heteroatoms. The molecule has 0 spiro atoms. The Labute approximate surface area is 112 Å². The zero-order valence-electron chi connectivity index (χ0n) is 10.5. The van der Waals surface area contributed by atoms with Crippen LogP contribution in [0.15, 0.2) is 18.2 Å². The number of aliphatic hydroxyl groups is 1. The number of aliphatic hydroxyl groups excluding tert-OH is 1. The number of hydrogen-bond acceptors (Lipinski definition) is 4. The highest BCUT2D eigenvalue weighted by Gasteiger charge is 2.26. The van der Waals surface area contributed by atoms with E-state index in [-0.39, 0.29) is 18.8 Å². The summed E-state index contributed by atoms with van der Waals surface area (Å²) in [5.74, 6) is 0. The summed E-state index contributed by atoms with van der Waals surface area (Å²) in [6, 6.07) is 6.01. The van der Waals surface area contributed by atoms with Gasteiger partial charge in [0.05, 0.1) is 19.3 Å². The minimum Gasteiger partial charge on any atom is -0.394 e. The molecule has 18 heavy (non-hydrogen) atoms. The fraction of sp³-hybridized carbons (Fsp3) is 0.538. The number of morpholine rings is 1. The first-order valence-electron chi connectivity index (χ1n) is 6.13. The zero-order valence-corrected chi connectivity index (χ0v) is 11.2. The molecule has 0 aromatic heterocycles. The normalized spacial score (nSPS) is 24.3. The summed E-state index contributed by atoms with van der Waals surface area (Å²) in [5, 5.41) is 9.91. The molecule has 0 radical (unpaired) electrons. The van der Waals surface area contributed by atoms with E-state index >= 15 is 0 Å². The minimum absolute atomic E-state index is 0.0365. The van der Waals surface area contributed by atoms with Crippen molar-refractivity contribution in [1.29, 1.82) is 0 Å². The predicted molar refractivity (Wildman–Crippen MR) is 73.0 cm³/mol. The van der Waals surface area contributed by atoms with Gasteiger partial charge in [-0.25, -0.2) is 0 Å². The lowest BCUT2D eigenvalue weighted by atomic mass is 10.1. The van der Waals surface area contributed by atoms with E-state index in [9.17, 15) is 5.11 Å². The van der Waals surface area contributed by atoms with Crippen molar-refractivity contribution in [1.82, 2.24) is 0 Å². The Hall–Kier alpha value is -0.810. The highest BCUT2D eigenvalue weighted by Crippen LogP contribution is 2.28. The summed E-state index contributed by atoms with van der Waals surface area (Å²) < 4.78 is 5.54. The summed E-state index contributed by atoms with van der Waals surface area (Å²) in [4.78, 5) is 2.23. The molecular formula is C13H19ClN2O2. The van der Waals surface area contributed by atoms with E-state index in [1.54, 1.807) is 0 Å². The Morgan fingerprint density at radius 1 is 1.56 bits per heavy atom. The van der Waals surface area contributed by atoms with Gasteiger partial charge in [0.2, 0.25) is 0 Å². The quantitative estimate of drug-likeness (QED) is 0.871. The van der Waals surface area contributed by atoms with Gasteiger partial charge in [0.15, 0.2) is 0 Å². The monoisotopic (exact) mass is 270 g/mol. The molecule has 1 aromatic rings. The van der Waals surface area contributed by atoms with Crippen molar-refractivity contribution in [2.24, 2.45) is 5.73 Å². The second-order valence-corrected chi connectivity index (χ2v) is 5.05. The van der Waals surface area contributed by atoms with Crippen LogP contribution in [-0.2, 0) is 11.3 Å². The van der Waals surface area contributed by atoms with Crippen LogP contribution in [0.25, 0.3) is 0 Å². The number of anilines is 1. The second-order valence-electron chi connectivity index (χ2n) is 4.62. The topological polar surface area (TPSA) is 58.7 Å². The molecule has 4 nitrogen and oxygen atoms in total. The molecule has 0 saturated carbocycles.